The van der Waals surface area contributed by atoms with Crippen LogP contribution >= 0.6 is 0 Å². The van der Waals surface area contributed by atoms with Crippen LogP contribution in [0.15, 0.2) is 54.6 Å². The van der Waals surface area contributed by atoms with Crippen molar-refractivity contribution in [3.8, 4) is 0 Å². The van der Waals surface area contributed by atoms with Gasteiger partial charge in [0.25, 0.3) is 5.91 Å². The third-order valence-corrected chi connectivity index (χ3v) is 7.07. The van der Waals surface area contributed by atoms with Gasteiger partial charge in [-0.05, 0) is 60.6 Å². The van der Waals surface area contributed by atoms with E-state index >= 15 is 0 Å². The Morgan fingerprint density at radius 3 is 2.48 bits per heavy atom. The standard InChI is InChI=1S/C29H31F3N6O2/c1-37-9-11-38(12-10-37)22-4-5-23(26(17-22)33-8-7-30)29(39)34-28-24-15-18(3-6-25(24)35-36-28)27(40-2)19-13-20(31)16-21(32)14-19/h3-6,13-17,27,33H,7-12H2,1-2H3,(H2,34,35,36,39). The van der Waals surface area contributed by atoms with Crippen molar-refractivity contribution in [3.05, 3.63) is 82.9 Å². The highest BCUT2D eigenvalue weighted by Gasteiger charge is 2.21. The summed E-state index contributed by atoms with van der Waals surface area (Å²) in [5, 5.41) is 13.6. The first kappa shape index (κ1) is 27.5. The second-order valence-electron chi connectivity index (χ2n) is 9.79. The number of hydrogen-bond donors (Lipinski definition) is 3. The fourth-order valence-corrected chi connectivity index (χ4v) is 4.98. The van der Waals surface area contributed by atoms with Crippen LogP contribution in [0.25, 0.3) is 10.9 Å². The first-order valence-electron chi connectivity index (χ1n) is 13.0. The van der Waals surface area contributed by atoms with Gasteiger partial charge in [-0.2, -0.15) is 5.10 Å². The number of amides is 1. The van der Waals surface area contributed by atoms with E-state index in [9.17, 15) is 18.0 Å². The summed E-state index contributed by atoms with van der Waals surface area (Å²) in [6, 6.07) is 14.0. The number of likely N-dealkylation sites (N-methyl/N-ethyl adjacent to an activating group) is 1. The molecule has 1 unspecified atom stereocenters. The second-order valence-corrected chi connectivity index (χ2v) is 9.79. The molecule has 5 rings (SSSR count). The number of fused-ring (bicyclic) bond motifs is 1. The number of methoxy groups -OCH3 is 1. The molecule has 0 radical (unpaired) electrons. The van der Waals surface area contributed by atoms with E-state index < -0.39 is 30.3 Å². The van der Waals surface area contributed by atoms with E-state index in [0.29, 0.717) is 33.3 Å². The highest BCUT2D eigenvalue weighted by Crippen LogP contribution is 2.32. The summed E-state index contributed by atoms with van der Waals surface area (Å²) in [6.45, 7) is 3.07. The minimum atomic E-state index is -0.744. The highest BCUT2D eigenvalue weighted by molar-refractivity contribution is 6.11. The first-order chi connectivity index (χ1) is 19.4. The SMILES string of the molecule is COC(c1cc(F)cc(F)c1)c1ccc2[nH]nc(NC(=O)c3ccc(N4CCN(C)CC4)cc3NCCF)c2c1. The van der Waals surface area contributed by atoms with Crippen LogP contribution in [-0.2, 0) is 4.74 Å². The lowest BCUT2D eigenvalue weighted by Crippen LogP contribution is -2.44. The third-order valence-electron chi connectivity index (χ3n) is 7.07. The molecule has 8 nitrogen and oxygen atoms in total. The van der Waals surface area contributed by atoms with Crippen molar-refractivity contribution in [2.75, 3.05) is 69.1 Å². The Morgan fingerprint density at radius 1 is 1.02 bits per heavy atom. The van der Waals surface area contributed by atoms with Crippen LogP contribution in [0.4, 0.5) is 30.4 Å². The van der Waals surface area contributed by atoms with Crippen molar-refractivity contribution in [1.82, 2.24) is 15.1 Å². The smallest absolute Gasteiger partial charge is 0.258 e. The molecule has 11 heteroatoms. The molecule has 1 amide bonds. The van der Waals surface area contributed by atoms with Crippen molar-refractivity contribution >= 4 is 34.0 Å². The zero-order chi connectivity index (χ0) is 28.2. The van der Waals surface area contributed by atoms with Gasteiger partial charge in [0.1, 0.15) is 24.4 Å². The molecule has 1 aliphatic rings. The molecule has 0 spiro atoms. The highest BCUT2D eigenvalue weighted by atomic mass is 19.1. The van der Waals surface area contributed by atoms with Crippen LogP contribution in [0.3, 0.4) is 0 Å². The molecule has 1 saturated heterocycles. The van der Waals surface area contributed by atoms with Gasteiger partial charge in [0.05, 0.1) is 11.1 Å². The molecule has 3 N–H and O–H groups in total. The number of ether oxygens (including phenoxy) is 1. The molecule has 1 aromatic heterocycles. The van der Waals surface area contributed by atoms with E-state index in [4.69, 9.17) is 4.74 Å². The molecule has 0 bridgehead atoms. The number of halogens is 3. The lowest BCUT2D eigenvalue weighted by atomic mass is 9.99. The summed E-state index contributed by atoms with van der Waals surface area (Å²) in [7, 11) is 3.53. The summed E-state index contributed by atoms with van der Waals surface area (Å²) < 4.78 is 46.4. The zero-order valence-corrected chi connectivity index (χ0v) is 22.3. The number of rotatable bonds is 9. The largest absolute Gasteiger partial charge is 0.382 e. The maximum absolute atomic E-state index is 13.9. The Balaban J connectivity index is 1.42. The van der Waals surface area contributed by atoms with Crippen LogP contribution in [0, 0.1) is 11.6 Å². The third kappa shape index (κ3) is 5.90. The summed E-state index contributed by atoms with van der Waals surface area (Å²) in [5.74, 6) is -1.54. The molecule has 1 atom stereocenters. The fraction of sp³-hybridized carbons (Fsp3) is 0.310. The van der Waals surface area contributed by atoms with Crippen LogP contribution < -0.4 is 15.5 Å². The van der Waals surface area contributed by atoms with Gasteiger partial charge in [-0.25, -0.2) is 13.2 Å². The Bertz CT molecular complexity index is 1480. The Morgan fingerprint density at radius 2 is 1.77 bits per heavy atom. The van der Waals surface area contributed by atoms with Crippen LogP contribution in [0.2, 0.25) is 0 Å². The number of hydrogen-bond acceptors (Lipinski definition) is 6. The number of aromatic nitrogens is 2. The average molecular weight is 553 g/mol. The van der Waals surface area contributed by atoms with Gasteiger partial charge in [-0.15, -0.1) is 0 Å². The van der Waals surface area contributed by atoms with Crippen LogP contribution in [-0.4, -0.2) is 74.6 Å². The molecule has 40 heavy (non-hydrogen) atoms. The summed E-state index contributed by atoms with van der Waals surface area (Å²) in [4.78, 5) is 17.9. The molecule has 1 aliphatic heterocycles. The molecule has 2 heterocycles. The van der Waals surface area contributed by atoms with Gasteiger partial charge in [0.15, 0.2) is 5.82 Å². The van der Waals surface area contributed by atoms with Crippen molar-refractivity contribution in [2.24, 2.45) is 0 Å². The number of piperazine rings is 1. The van der Waals surface area contributed by atoms with Gasteiger partial charge in [-0.3, -0.25) is 9.89 Å². The topological polar surface area (TPSA) is 85.5 Å². The predicted octanol–water partition coefficient (Wildman–Crippen LogP) is 4.96. The number of carbonyl (C=O) groups is 1. The van der Waals surface area contributed by atoms with Crippen molar-refractivity contribution in [2.45, 2.75) is 6.10 Å². The molecular formula is C29H31F3N6O2. The Labute approximate surface area is 230 Å². The van der Waals surface area contributed by atoms with Gasteiger partial charge >= 0.3 is 0 Å². The number of nitrogens with zero attached hydrogens (tertiary/aromatic N) is 3. The van der Waals surface area contributed by atoms with Gasteiger partial charge in [0, 0.05) is 62.7 Å². The molecule has 210 valence electrons. The number of H-pyrrole nitrogens is 1. The number of carbonyl (C=O) groups excluding carboxylic acids is 1. The molecule has 1 fully saturated rings. The Hall–Kier alpha value is -4.09. The van der Waals surface area contributed by atoms with Crippen molar-refractivity contribution < 1.29 is 22.7 Å². The maximum Gasteiger partial charge on any atom is 0.258 e. The quantitative estimate of drug-likeness (QED) is 0.272. The monoisotopic (exact) mass is 552 g/mol. The van der Waals surface area contributed by atoms with Crippen molar-refractivity contribution in [3.63, 3.8) is 0 Å². The van der Waals surface area contributed by atoms with E-state index in [2.05, 4.69) is 37.7 Å². The maximum atomic E-state index is 13.9. The van der Waals surface area contributed by atoms with E-state index in [1.807, 2.05) is 12.1 Å². The van der Waals surface area contributed by atoms with E-state index in [1.54, 1.807) is 24.3 Å². The second kappa shape index (κ2) is 12.0. The molecular weight excluding hydrogens is 521 g/mol. The lowest BCUT2D eigenvalue weighted by molar-refractivity contribution is 0.102. The number of anilines is 3. The minimum Gasteiger partial charge on any atom is -0.382 e. The average Bonchev–Trinajstić information content (AvgIpc) is 3.34. The zero-order valence-electron chi connectivity index (χ0n) is 22.3. The van der Waals surface area contributed by atoms with Crippen LogP contribution in [0.1, 0.15) is 27.6 Å². The number of aromatic amines is 1. The number of benzene rings is 3. The molecule has 0 saturated carbocycles. The number of alkyl halides is 1. The fourth-order valence-electron chi connectivity index (χ4n) is 4.98. The molecule has 3 aromatic carbocycles. The lowest BCUT2D eigenvalue weighted by Gasteiger charge is -2.34. The molecule has 0 aliphatic carbocycles. The minimum absolute atomic E-state index is 0.0697. The predicted molar refractivity (Wildman–Crippen MR) is 150 cm³/mol. The van der Waals surface area contributed by atoms with E-state index in [1.165, 1.54) is 19.2 Å². The van der Waals surface area contributed by atoms with E-state index in [0.717, 1.165) is 37.9 Å². The van der Waals surface area contributed by atoms with Gasteiger partial charge < -0.3 is 25.2 Å². The molecule has 4 aromatic rings. The Kier molecular flexibility index (Phi) is 8.22. The summed E-state index contributed by atoms with van der Waals surface area (Å²) >= 11 is 0. The summed E-state index contributed by atoms with van der Waals surface area (Å²) in [6.07, 6.45) is -0.744. The van der Waals surface area contributed by atoms with E-state index in [-0.39, 0.29) is 12.4 Å². The van der Waals surface area contributed by atoms with Crippen molar-refractivity contribution in [1.29, 1.82) is 0 Å². The van der Waals surface area contributed by atoms with Crippen LogP contribution in [0.5, 0.6) is 0 Å². The van der Waals surface area contributed by atoms with Gasteiger partial charge in [0.2, 0.25) is 0 Å². The summed E-state index contributed by atoms with van der Waals surface area (Å²) in [5.41, 5.74) is 3.43. The number of nitrogens with one attached hydrogen (secondary N) is 3. The normalized spacial score (nSPS) is 14.9. The van der Waals surface area contributed by atoms with Gasteiger partial charge in [-0.1, -0.05) is 6.07 Å². The first-order valence-corrected chi connectivity index (χ1v) is 13.0.